The number of likely N-dealkylation sites (N-methyl/N-ethyl adjacent to an activating group) is 1. The molecule has 1 unspecified atom stereocenters. The number of hydrogen-bond donors (Lipinski definition) is 2. The van der Waals surface area contributed by atoms with Gasteiger partial charge in [0, 0.05) is 25.0 Å². The van der Waals surface area contributed by atoms with Crippen molar-refractivity contribution in [2.75, 3.05) is 32.6 Å². The van der Waals surface area contributed by atoms with Crippen molar-refractivity contribution < 1.29 is 49.8 Å². The van der Waals surface area contributed by atoms with Gasteiger partial charge in [0.2, 0.25) is 0 Å². The monoisotopic (exact) mass is 589 g/mol. The highest BCUT2D eigenvalue weighted by Crippen LogP contribution is 2.43. The van der Waals surface area contributed by atoms with Crippen LogP contribution >= 0.6 is 11.6 Å². The van der Waals surface area contributed by atoms with E-state index in [1.807, 2.05) is 0 Å². The zero-order valence-electron chi connectivity index (χ0n) is 20.2. The van der Waals surface area contributed by atoms with E-state index in [1.54, 1.807) is 0 Å². The van der Waals surface area contributed by atoms with Gasteiger partial charge in [-0.3, -0.25) is 14.8 Å². The number of aromatic nitrogens is 1. The Kier molecular flexibility index (Phi) is 9.86. The largest absolute Gasteiger partial charge is 0.433 e. The molecule has 2 rings (SSSR count). The fourth-order valence-corrected chi connectivity index (χ4v) is 2.97. The average molecular weight is 590 g/mol. The predicted molar refractivity (Wildman–Crippen MR) is 125 cm³/mol. The summed E-state index contributed by atoms with van der Waals surface area (Å²) in [5.41, 5.74) is -1.22. The van der Waals surface area contributed by atoms with Gasteiger partial charge in [-0.25, -0.2) is 18.6 Å². The van der Waals surface area contributed by atoms with Crippen molar-refractivity contribution in [1.29, 1.82) is 0 Å². The van der Waals surface area contributed by atoms with Crippen LogP contribution in [0, 0.1) is 11.6 Å². The van der Waals surface area contributed by atoms with E-state index >= 15 is 0 Å². The fraction of sp³-hybridized carbons (Fsp3) is 0.318. The van der Waals surface area contributed by atoms with Gasteiger partial charge in [-0.05, 0) is 32.3 Å². The molecule has 39 heavy (non-hydrogen) atoms. The second kappa shape index (κ2) is 12.1. The van der Waals surface area contributed by atoms with E-state index in [0.717, 1.165) is 19.3 Å². The maximum absolute atomic E-state index is 14.4. The van der Waals surface area contributed by atoms with Crippen molar-refractivity contribution in [3.05, 3.63) is 58.0 Å². The molecule has 1 aromatic heterocycles. The number of benzene rings is 1. The lowest BCUT2D eigenvalue weighted by Gasteiger charge is -2.22. The Labute approximate surface area is 220 Å². The summed E-state index contributed by atoms with van der Waals surface area (Å²) in [4.78, 5) is 21.2. The number of aliphatic imine (C=N–C) groups is 1. The van der Waals surface area contributed by atoms with E-state index in [-0.39, 0.29) is 12.6 Å². The minimum absolute atomic E-state index is 0.301. The van der Waals surface area contributed by atoms with Crippen LogP contribution < -0.4 is 15.4 Å². The van der Waals surface area contributed by atoms with Crippen LogP contribution in [0.25, 0.3) is 5.57 Å². The lowest BCUT2D eigenvalue weighted by molar-refractivity contribution is -0.146. The maximum atomic E-state index is 14.4. The predicted octanol–water partition coefficient (Wildman–Crippen LogP) is 4.94. The third-order valence-electron chi connectivity index (χ3n) is 4.96. The molecule has 3 N–H and O–H groups in total. The van der Waals surface area contributed by atoms with E-state index < -0.39 is 75.3 Å². The zero-order valence-corrected chi connectivity index (χ0v) is 21.0. The molecule has 1 aromatic carbocycles. The van der Waals surface area contributed by atoms with Gasteiger partial charge in [0.05, 0.1) is 12.2 Å². The molecule has 214 valence electrons. The molecule has 0 radical (unpaired) electrons. The Morgan fingerprint density at radius 1 is 1.18 bits per heavy atom. The first-order valence-electron chi connectivity index (χ1n) is 10.4. The van der Waals surface area contributed by atoms with Crippen LogP contribution in [0.5, 0.6) is 5.75 Å². The van der Waals surface area contributed by atoms with Gasteiger partial charge in [-0.15, -0.1) is 0 Å². The summed E-state index contributed by atoms with van der Waals surface area (Å²) < 4.78 is 115. The van der Waals surface area contributed by atoms with Crippen molar-refractivity contribution in [3.8, 4) is 5.75 Å². The van der Waals surface area contributed by atoms with Gasteiger partial charge >= 0.3 is 18.4 Å². The molecular formula is C22H20ClF8N5O3. The quantitative estimate of drug-likeness (QED) is 0.205. The topological polar surface area (TPSA) is 104 Å². The second-order valence-corrected chi connectivity index (χ2v) is 8.29. The highest BCUT2D eigenvalue weighted by Gasteiger charge is 2.43. The fourth-order valence-electron chi connectivity index (χ4n) is 2.81. The maximum Gasteiger partial charge on any atom is 0.433 e. The Morgan fingerprint density at radius 2 is 1.79 bits per heavy atom. The number of anilines is 1. The Balaban J connectivity index is 2.71. The molecule has 0 saturated heterocycles. The molecule has 0 aliphatic heterocycles. The number of carbonyl (C=O) groups is 1. The molecule has 2 aromatic rings. The molecule has 0 aliphatic rings. The number of ether oxygens (including phenoxy) is 1. The van der Waals surface area contributed by atoms with Gasteiger partial charge in [0.1, 0.15) is 34.0 Å². The molecule has 0 saturated carbocycles. The van der Waals surface area contributed by atoms with Crippen LogP contribution in [0.4, 0.5) is 45.6 Å². The van der Waals surface area contributed by atoms with Crippen molar-refractivity contribution in [2.45, 2.75) is 18.6 Å². The molecule has 0 bridgehead atoms. The first kappa shape index (κ1) is 31.7. The number of alkyl halides is 6. The highest BCUT2D eigenvalue weighted by atomic mass is 35.5. The van der Waals surface area contributed by atoms with Gasteiger partial charge < -0.3 is 15.6 Å². The summed E-state index contributed by atoms with van der Waals surface area (Å²) in [6.07, 6.45) is -12.5. The average Bonchev–Trinajstić information content (AvgIpc) is 2.83. The third-order valence-corrected chi connectivity index (χ3v) is 5.30. The summed E-state index contributed by atoms with van der Waals surface area (Å²) in [5.74, 6) is -4.19. The second-order valence-electron chi connectivity index (χ2n) is 7.91. The number of carbonyl (C=O) groups excluding carboxylic acids is 1. The highest BCUT2D eigenvalue weighted by molar-refractivity contribution is 6.31. The van der Waals surface area contributed by atoms with Gasteiger partial charge in [0.15, 0.2) is 11.6 Å². The lowest BCUT2D eigenvalue weighted by atomic mass is 10.1. The normalized spacial score (nSPS) is 13.7. The van der Waals surface area contributed by atoms with Crippen LogP contribution in [0.15, 0.2) is 29.4 Å². The first-order valence-corrected chi connectivity index (χ1v) is 10.8. The number of allylic oxidation sites excluding steroid dienone is 1. The minimum atomic E-state index is -5.52. The molecule has 1 atom stereocenters. The first-order chi connectivity index (χ1) is 17.9. The molecule has 0 aliphatic carbocycles. The van der Waals surface area contributed by atoms with Crippen LogP contribution in [0.2, 0.25) is 5.02 Å². The summed E-state index contributed by atoms with van der Waals surface area (Å²) in [5, 5.41) is 8.76. The third kappa shape index (κ3) is 7.54. The summed E-state index contributed by atoms with van der Waals surface area (Å²) in [7, 11) is 3.76. The van der Waals surface area contributed by atoms with E-state index in [2.05, 4.69) is 9.98 Å². The standard InChI is InChI=1S/C22H20ClF8N5O3/c1-35(2)15(37)9-33-8-10(7-32)18-19(11(21(26,27)28)6-14(34-18)22(29,30)31)39-20(38)36(3)13-5-4-12(24)16(23)17(13)25/h4-8,15,37H,9,32H2,1-3H3/b10-7+,33-8?. The van der Waals surface area contributed by atoms with E-state index in [0.29, 0.717) is 17.2 Å². The van der Waals surface area contributed by atoms with E-state index in [9.17, 15) is 45.0 Å². The zero-order chi connectivity index (χ0) is 29.9. The van der Waals surface area contributed by atoms with E-state index in [1.165, 1.54) is 19.0 Å². The minimum Gasteiger partial charge on any atom is -0.407 e. The van der Waals surface area contributed by atoms with Crippen molar-refractivity contribution in [2.24, 2.45) is 10.7 Å². The summed E-state index contributed by atoms with van der Waals surface area (Å²) in [6, 6.07) is 0.996. The Hall–Kier alpha value is -3.50. The van der Waals surface area contributed by atoms with Crippen molar-refractivity contribution in [1.82, 2.24) is 9.88 Å². The Bertz CT molecular complexity index is 1280. The number of nitrogens with two attached hydrogens (primary N) is 1. The SMILES string of the molecule is CN(C(=O)Oc1c(C(F)(F)F)cc(C(F)(F)F)nc1/C(C=NCC(O)N(C)C)=C/N)c1ccc(F)c(Cl)c1F. The lowest BCUT2D eigenvalue weighted by Crippen LogP contribution is -2.32. The summed E-state index contributed by atoms with van der Waals surface area (Å²) in [6.45, 7) is -0.377. The molecule has 0 spiro atoms. The number of aliphatic hydroxyl groups excluding tert-OH is 1. The Morgan fingerprint density at radius 3 is 2.31 bits per heavy atom. The number of hydrogen-bond acceptors (Lipinski definition) is 7. The molecule has 17 heteroatoms. The molecule has 1 heterocycles. The van der Waals surface area contributed by atoms with Crippen molar-refractivity contribution in [3.63, 3.8) is 0 Å². The summed E-state index contributed by atoms with van der Waals surface area (Å²) >= 11 is 5.46. The number of rotatable bonds is 7. The molecule has 1 amide bonds. The number of amides is 1. The van der Waals surface area contributed by atoms with Gasteiger partial charge in [-0.1, -0.05) is 11.6 Å². The van der Waals surface area contributed by atoms with Gasteiger partial charge in [-0.2, -0.15) is 26.3 Å². The van der Waals surface area contributed by atoms with Gasteiger partial charge in [0.25, 0.3) is 0 Å². The van der Waals surface area contributed by atoms with Crippen molar-refractivity contribution >= 4 is 35.2 Å². The number of halogens is 9. The van der Waals surface area contributed by atoms with E-state index in [4.69, 9.17) is 22.1 Å². The number of pyridine rings is 1. The molecule has 8 nitrogen and oxygen atoms in total. The van der Waals surface area contributed by atoms with Crippen LogP contribution in [0.3, 0.4) is 0 Å². The molecular weight excluding hydrogens is 570 g/mol. The van der Waals surface area contributed by atoms with Crippen LogP contribution in [0.1, 0.15) is 17.0 Å². The molecule has 0 fully saturated rings. The number of aliphatic hydroxyl groups is 1. The van der Waals surface area contributed by atoms with Crippen LogP contribution in [-0.2, 0) is 12.4 Å². The smallest absolute Gasteiger partial charge is 0.407 e. The number of nitrogens with zero attached hydrogens (tertiary/aromatic N) is 4. The van der Waals surface area contributed by atoms with Crippen LogP contribution in [-0.4, -0.2) is 61.2 Å².